The Morgan fingerprint density at radius 2 is 2.04 bits per heavy atom. The van der Waals surface area contributed by atoms with Crippen LogP contribution in [0.25, 0.3) is 5.70 Å². The summed E-state index contributed by atoms with van der Waals surface area (Å²) in [6.07, 6.45) is 7.56. The third-order valence-corrected chi connectivity index (χ3v) is 4.68. The van der Waals surface area contributed by atoms with Gasteiger partial charge in [0.1, 0.15) is 17.4 Å². The van der Waals surface area contributed by atoms with Crippen molar-refractivity contribution in [1.82, 2.24) is 14.9 Å². The molecule has 0 spiro atoms. The molecule has 0 radical (unpaired) electrons. The van der Waals surface area contributed by atoms with E-state index < -0.39 is 0 Å². The summed E-state index contributed by atoms with van der Waals surface area (Å²) < 4.78 is 0. The van der Waals surface area contributed by atoms with E-state index in [0.29, 0.717) is 29.1 Å². The maximum Gasteiger partial charge on any atom is 0.156 e. The van der Waals surface area contributed by atoms with Crippen LogP contribution >= 0.6 is 0 Å². The van der Waals surface area contributed by atoms with Crippen LogP contribution in [0.2, 0.25) is 0 Å². The zero-order chi connectivity index (χ0) is 19.2. The largest absolute Gasteiger partial charge is 0.358 e. The second-order valence-electron chi connectivity index (χ2n) is 6.75. The minimum absolute atomic E-state index is 0.382. The van der Waals surface area contributed by atoms with E-state index >= 15 is 0 Å². The van der Waals surface area contributed by atoms with Gasteiger partial charge in [0.05, 0.1) is 5.71 Å². The van der Waals surface area contributed by atoms with E-state index in [1.54, 1.807) is 18.5 Å². The predicted molar refractivity (Wildman–Crippen MR) is 111 cm³/mol. The fourth-order valence-corrected chi connectivity index (χ4v) is 3.31. The number of hydrogen-bond donors (Lipinski definition) is 2. The van der Waals surface area contributed by atoms with Crippen LogP contribution < -0.4 is 0 Å². The predicted octanol–water partition coefficient (Wildman–Crippen LogP) is 4.14. The zero-order valence-electron chi connectivity index (χ0n) is 16.1. The van der Waals surface area contributed by atoms with Gasteiger partial charge in [0.25, 0.3) is 0 Å². The zero-order valence-corrected chi connectivity index (χ0v) is 16.1. The summed E-state index contributed by atoms with van der Waals surface area (Å²) in [6, 6.07) is 10.1. The number of amidine groups is 2. The number of H-pyrrole nitrogens is 1. The van der Waals surface area contributed by atoms with Crippen molar-refractivity contribution >= 4 is 23.1 Å². The second-order valence-corrected chi connectivity index (χ2v) is 6.75. The first kappa shape index (κ1) is 18.8. The molecule has 2 aromatic rings. The standard InChI is InChI=1S/C21H26N6/c1-15-8-7-13-27(15)17(3)25-16(2)26-20(21-23-11-12-24-21)14-19(22)18-9-5-4-6-10-18/h4-6,9-12,14-15,22H,7-8,13H2,1-3H3,(H,23,24)/b20-14+,22-19?,25-17?,26-16?. The lowest BCUT2D eigenvalue weighted by atomic mass is 10.1. The fourth-order valence-electron chi connectivity index (χ4n) is 3.31. The third kappa shape index (κ3) is 4.78. The molecule has 0 aliphatic carbocycles. The summed E-state index contributed by atoms with van der Waals surface area (Å²) in [5.74, 6) is 2.26. The molecular formula is C21H26N6. The van der Waals surface area contributed by atoms with Crippen LogP contribution in [-0.2, 0) is 0 Å². The molecule has 3 rings (SSSR count). The molecule has 1 fully saturated rings. The summed E-state index contributed by atoms with van der Waals surface area (Å²) in [4.78, 5) is 19.0. The van der Waals surface area contributed by atoms with Crippen LogP contribution in [0.3, 0.4) is 0 Å². The summed E-state index contributed by atoms with van der Waals surface area (Å²) >= 11 is 0. The molecular weight excluding hydrogens is 336 g/mol. The van der Waals surface area contributed by atoms with Crippen molar-refractivity contribution in [3.8, 4) is 0 Å². The molecule has 27 heavy (non-hydrogen) atoms. The normalized spacial score (nSPS) is 18.9. The number of nitrogens with zero attached hydrogens (tertiary/aromatic N) is 4. The number of nitrogens with one attached hydrogen (secondary N) is 2. The van der Waals surface area contributed by atoms with E-state index in [2.05, 4.69) is 31.8 Å². The van der Waals surface area contributed by atoms with Crippen molar-refractivity contribution < 1.29 is 0 Å². The number of rotatable bonds is 4. The van der Waals surface area contributed by atoms with E-state index in [4.69, 9.17) is 5.41 Å². The molecule has 1 aromatic heterocycles. The average Bonchev–Trinajstić information content (AvgIpc) is 3.33. The van der Waals surface area contributed by atoms with Gasteiger partial charge < -0.3 is 15.3 Å². The van der Waals surface area contributed by atoms with E-state index in [1.807, 2.05) is 44.2 Å². The smallest absolute Gasteiger partial charge is 0.156 e. The van der Waals surface area contributed by atoms with Crippen LogP contribution in [0.4, 0.5) is 0 Å². The van der Waals surface area contributed by atoms with Gasteiger partial charge in [-0.25, -0.2) is 15.0 Å². The number of allylic oxidation sites excluding steroid dienone is 1. The Labute approximate surface area is 160 Å². The van der Waals surface area contributed by atoms with Crippen molar-refractivity contribution in [2.24, 2.45) is 9.98 Å². The first-order valence-electron chi connectivity index (χ1n) is 9.27. The average molecular weight is 362 g/mol. The number of imidazole rings is 1. The van der Waals surface area contributed by atoms with E-state index in [0.717, 1.165) is 17.9 Å². The summed E-state index contributed by atoms with van der Waals surface area (Å²) in [5.41, 5.74) is 1.81. The molecule has 6 nitrogen and oxygen atoms in total. The van der Waals surface area contributed by atoms with Gasteiger partial charge in [0.2, 0.25) is 0 Å². The van der Waals surface area contributed by atoms with Crippen molar-refractivity contribution in [3.05, 3.63) is 60.2 Å². The monoisotopic (exact) mass is 362 g/mol. The number of hydrogen-bond acceptors (Lipinski definition) is 3. The van der Waals surface area contributed by atoms with Crippen molar-refractivity contribution in [2.75, 3.05) is 6.54 Å². The van der Waals surface area contributed by atoms with Crippen LogP contribution in [0.1, 0.15) is 45.0 Å². The van der Waals surface area contributed by atoms with Crippen molar-refractivity contribution in [1.29, 1.82) is 5.41 Å². The van der Waals surface area contributed by atoms with Gasteiger partial charge in [-0.05, 0) is 45.3 Å². The molecule has 1 saturated heterocycles. The molecule has 1 aromatic carbocycles. The first-order chi connectivity index (χ1) is 13.0. The number of aromatic nitrogens is 2. The Morgan fingerprint density at radius 3 is 2.67 bits per heavy atom. The topological polar surface area (TPSA) is 80.5 Å². The highest BCUT2D eigenvalue weighted by molar-refractivity contribution is 6.10. The molecule has 0 bridgehead atoms. The number of aromatic amines is 1. The Balaban J connectivity index is 1.88. The lowest BCUT2D eigenvalue weighted by molar-refractivity contribution is 0.413. The van der Waals surface area contributed by atoms with E-state index in [1.165, 1.54) is 12.8 Å². The molecule has 2 heterocycles. The summed E-state index contributed by atoms with van der Waals surface area (Å²) in [5, 5.41) is 8.38. The highest BCUT2D eigenvalue weighted by Gasteiger charge is 2.21. The van der Waals surface area contributed by atoms with Gasteiger partial charge in [0, 0.05) is 25.0 Å². The minimum Gasteiger partial charge on any atom is -0.358 e. The van der Waals surface area contributed by atoms with Gasteiger partial charge >= 0.3 is 0 Å². The Bertz CT molecular complexity index is 861. The molecule has 0 saturated carbocycles. The quantitative estimate of drug-likeness (QED) is 0.633. The molecule has 1 atom stereocenters. The van der Waals surface area contributed by atoms with Gasteiger partial charge in [-0.1, -0.05) is 30.3 Å². The van der Waals surface area contributed by atoms with Gasteiger partial charge in [-0.15, -0.1) is 0 Å². The summed E-state index contributed by atoms with van der Waals surface area (Å²) in [6.45, 7) is 7.19. The van der Waals surface area contributed by atoms with Gasteiger partial charge in [-0.3, -0.25) is 0 Å². The highest BCUT2D eigenvalue weighted by atomic mass is 15.2. The summed E-state index contributed by atoms with van der Waals surface area (Å²) in [7, 11) is 0. The molecule has 140 valence electrons. The van der Waals surface area contributed by atoms with Crippen LogP contribution in [0.15, 0.2) is 58.8 Å². The molecule has 1 unspecified atom stereocenters. The Kier molecular flexibility index (Phi) is 5.96. The van der Waals surface area contributed by atoms with E-state index in [9.17, 15) is 0 Å². The molecule has 0 amide bonds. The fraction of sp³-hybridized carbons (Fsp3) is 0.333. The third-order valence-electron chi connectivity index (χ3n) is 4.68. The molecule has 1 aliphatic heterocycles. The van der Waals surface area contributed by atoms with E-state index in [-0.39, 0.29) is 0 Å². The molecule has 1 aliphatic rings. The Morgan fingerprint density at radius 1 is 1.26 bits per heavy atom. The number of likely N-dealkylation sites (tertiary alicyclic amines) is 1. The second kappa shape index (κ2) is 8.58. The number of aliphatic imine (C=N–C) groups is 2. The Hall–Kier alpha value is -3.02. The van der Waals surface area contributed by atoms with Crippen LogP contribution in [-0.4, -0.2) is 44.8 Å². The number of benzene rings is 1. The van der Waals surface area contributed by atoms with Crippen molar-refractivity contribution in [3.63, 3.8) is 0 Å². The molecule has 6 heteroatoms. The SMILES string of the molecule is CC(=N/C(=C/C(=N)c1ccccc1)c1ncc[nH]1)N=C(C)N1CCCC1C. The van der Waals surface area contributed by atoms with Crippen molar-refractivity contribution in [2.45, 2.75) is 39.7 Å². The van der Waals surface area contributed by atoms with Gasteiger partial charge in [-0.2, -0.15) is 0 Å². The lowest BCUT2D eigenvalue weighted by Crippen LogP contribution is -2.32. The maximum atomic E-state index is 8.38. The van der Waals surface area contributed by atoms with Gasteiger partial charge in [0.15, 0.2) is 5.82 Å². The van der Waals surface area contributed by atoms with Crippen LogP contribution in [0.5, 0.6) is 0 Å². The molecule has 2 N–H and O–H groups in total. The minimum atomic E-state index is 0.382. The maximum absolute atomic E-state index is 8.38. The lowest BCUT2D eigenvalue weighted by Gasteiger charge is -2.22. The first-order valence-corrected chi connectivity index (χ1v) is 9.27. The van der Waals surface area contributed by atoms with Crippen LogP contribution in [0, 0.1) is 5.41 Å². The highest BCUT2D eigenvalue weighted by Crippen LogP contribution is 2.18.